The van der Waals surface area contributed by atoms with Crippen LogP contribution < -0.4 is 0 Å². The van der Waals surface area contributed by atoms with Gasteiger partial charge in [-0.2, -0.15) is 0 Å². The zero-order chi connectivity index (χ0) is 36.9. The zero-order valence-corrected chi connectivity index (χ0v) is 30.1. The minimum Gasteiger partial charge on any atom is -0.387 e. The van der Waals surface area contributed by atoms with Gasteiger partial charge >= 0.3 is 0 Å². The number of carbonyl (C=O) groups excluding carboxylic acids is 4. The van der Waals surface area contributed by atoms with Gasteiger partial charge in [0.2, 0.25) is 11.6 Å². The predicted octanol–water partition coefficient (Wildman–Crippen LogP) is 3.17. The third-order valence-electron chi connectivity index (χ3n) is 16.7. The van der Waals surface area contributed by atoms with Crippen molar-refractivity contribution >= 4 is 23.1 Å². The van der Waals surface area contributed by atoms with Gasteiger partial charge in [0.15, 0.2) is 23.1 Å². The van der Waals surface area contributed by atoms with Crippen LogP contribution in [-0.2, 0) is 28.7 Å². The SMILES string of the molecule is C=C1C(=O)[C@]23C[C@H]1CC[C@H]2[C@@]12CO[C@@]3(O)[C@@H](O)[C@@H]1C(C)(C)C=CC2=O.C=C1C(=O)[C@]23C[C@H]1CC[C@H]2[C@]12C(=O)C=CC(C)(C)[C@H]1[C@H](O)[C@]3(O)OC2C. The van der Waals surface area contributed by atoms with Crippen molar-refractivity contribution in [1.82, 2.24) is 0 Å². The quantitative estimate of drug-likeness (QED) is 0.276. The number of carbonyl (C=O) groups is 4. The topological polar surface area (TPSA) is 168 Å². The van der Waals surface area contributed by atoms with E-state index >= 15 is 0 Å². The molecule has 4 N–H and O–H groups in total. The molecule has 274 valence electrons. The van der Waals surface area contributed by atoms with Gasteiger partial charge in [-0.3, -0.25) is 19.2 Å². The zero-order valence-electron chi connectivity index (χ0n) is 30.1. The number of hydrogen-bond donors (Lipinski definition) is 4. The van der Waals surface area contributed by atoms with Crippen molar-refractivity contribution in [2.24, 2.45) is 68.0 Å². The van der Waals surface area contributed by atoms with Crippen LogP contribution in [0.15, 0.2) is 48.6 Å². The van der Waals surface area contributed by atoms with E-state index in [4.69, 9.17) is 9.47 Å². The maximum absolute atomic E-state index is 13.4. The molecule has 10 fully saturated rings. The third-order valence-corrected chi connectivity index (χ3v) is 16.7. The molecule has 10 nitrogen and oxygen atoms in total. The second-order valence-electron chi connectivity index (χ2n) is 19.0. The van der Waals surface area contributed by atoms with Gasteiger partial charge in [0.05, 0.1) is 34.4 Å². The standard InChI is InChI=1S/C21H26O5.C20H24O5/c1-10-12-5-6-13-19(9-12,16(10)23)21(25)17(24)15-18(3,4)8-7-14(22)20(13,15)11(2)26-21;1-10-11-4-5-12-18-9-25-20(24,19(12,8-11)15(10)22)16(23)14(18)17(2,3)7-6-13(18)21/h7-8,11-13,15,17,24-25H,1,5-6,9H2,2-4H3;6-7,11-12,14,16,23-24H,1,4-5,8-9H2,2-3H3/t11?,12-,13-,15-,17+,19+,20-,21+;11-,12+,14-,16+,18-,19+,20+/m11/s1. The van der Waals surface area contributed by atoms with Crippen LogP contribution >= 0.6 is 0 Å². The lowest BCUT2D eigenvalue weighted by molar-refractivity contribution is -0.441. The lowest BCUT2D eigenvalue weighted by atomic mass is 9.36. The smallest absolute Gasteiger partial charge is 0.206 e. The number of ether oxygens (including phenoxy) is 2. The van der Waals surface area contributed by atoms with E-state index < -0.39 is 74.2 Å². The van der Waals surface area contributed by atoms with E-state index in [1.807, 2.05) is 46.8 Å². The molecule has 1 unspecified atom stereocenters. The molecule has 4 heterocycles. The van der Waals surface area contributed by atoms with Gasteiger partial charge in [0, 0.05) is 11.8 Å². The van der Waals surface area contributed by atoms with Crippen molar-refractivity contribution in [3.05, 3.63) is 48.6 Å². The van der Waals surface area contributed by atoms with Crippen molar-refractivity contribution in [3.8, 4) is 0 Å². The van der Waals surface area contributed by atoms with E-state index in [0.717, 1.165) is 12.8 Å². The van der Waals surface area contributed by atoms with E-state index in [-0.39, 0.29) is 53.4 Å². The molecule has 8 aliphatic carbocycles. The van der Waals surface area contributed by atoms with Crippen molar-refractivity contribution in [3.63, 3.8) is 0 Å². The Hall–Kier alpha value is -2.60. The fourth-order valence-corrected chi connectivity index (χ4v) is 14.8. The van der Waals surface area contributed by atoms with E-state index in [1.54, 1.807) is 12.2 Å². The molecule has 0 aromatic rings. The number of Topliss-reactive ketones (excluding diaryl/α,β-unsaturated/α-hetero) is 2. The Bertz CT molecular complexity index is 1820. The molecule has 0 radical (unpaired) electrons. The van der Waals surface area contributed by atoms with Crippen molar-refractivity contribution in [2.45, 2.75) is 103 Å². The Labute approximate surface area is 298 Å². The van der Waals surface area contributed by atoms with Crippen LogP contribution in [0.1, 0.15) is 73.1 Å². The summed E-state index contributed by atoms with van der Waals surface area (Å²) in [5, 5.41) is 45.8. The van der Waals surface area contributed by atoms with Crippen LogP contribution in [0.4, 0.5) is 0 Å². The fraction of sp³-hybridized carbons (Fsp3) is 0.707. The van der Waals surface area contributed by atoms with Gasteiger partial charge in [-0.25, -0.2) is 0 Å². The molecule has 4 saturated heterocycles. The summed E-state index contributed by atoms with van der Waals surface area (Å²) in [4.78, 5) is 53.1. The minimum atomic E-state index is -1.97. The lowest BCUT2D eigenvalue weighted by Crippen LogP contribution is -2.84. The Balaban J connectivity index is 0.000000137. The molecular formula is C41H50O10. The van der Waals surface area contributed by atoms with Gasteiger partial charge in [-0.05, 0) is 103 Å². The monoisotopic (exact) mass is 702 g/mol. The van der Waals surface area contributed by atoms with E-state index in [9.17, 15) is 39.6 Å². The fourth-order valence-electron chi connectivity index (χ4n) is 14.8. The molecule has 6 saturated carbocycles. The van der Waals surface area contributed by atoms with Gasteiger partial charge in [-0.1, -0.05) is 53.0 Å². The highest BCUT2D eigenvalue weighted by Crippen LogP contribution is 2.77. The summed E-state index contributed by atoms with van der Waals surface area (Å²) in [6.45, 7) is 17.7. The van der Waals surface area contributed by atoms with Crippen LogP contribution in [0.3, 0.4) is 0 Å². The first-order valence-electron chi connectivity index (χ1n) is 18.7. The normalized spacial score (nSPS) is 55.9. The Morgan fingerprint density at radius 2 is 1.20 bits per heavy atom. The maximum Gasteiger partial charge on any atom is 0.206 e. The minimum absolute atomic E-state index is 0.00493. The highest BCUT2D eigenvalue weighted by Gasteiger charge is 2.87. The first-order valence-corrected chi connectivity index (χ1v) is 18.7. The predicted molar refractivity (Wildman–Crippen MR) is 181 cm³/mol. The maximum atomic E-state index is 13.4. The Morgan fingerprint density at radius 1 is 0.706 bits per heavy atom. The first-order chi connectivity index (χ1) is 23.7. The average Bonchev–Trinajstić information content (AvgIpc) is 3.38. The molecule has 4 spiro atoms. The summed E-state index contributed by atoms with van der Waals surface area (Å²) in [7, 11) is 0. The highest BCUT2D eigenvalue weighted by atomic mass is 16.7. The number of aliphatic hydroxyl groups is 4. The Morgan fingerprint density at radius 3 is 1.78 bits per heavy atom. The van der Waals surface area contributed by atoms with Crippen LogP contribution in [0.5, 0.6) is 0 Å². The van der Waals surface area contributed by atoms with E-state index in [1.165, 1.54) is 0 Å². The van der Waals surface area contributed by atoms with Gasteiger partial charge in [-0.15, -0.1) is 0 Å². The molecule has 0 aromatic heterocycles. The molecule has 12 rings (SSSR count). The van der Waals surface area contributed by atoms with Gasteiger partial charge in [0.25, 0.3) is 0 Å². The highest BCUT2D eigenvalue weighted by molar-refractivity contribution is 6.07. The molecule has 0 amide bonds. The van der Waals surface area contributed by atoms with Crippen LogP contribution in [-0.4, -0.2) is 80.1 Å². The number of ketones is 4. The third kappa shape index (κ3) is 3.25. The van der Waals surface area contributed by atoms with Gasteiger partial charge < -0.3 is 29.9 Å². The summed E-state index contributed by atoms with van der Waals surface area (Å²) in [6, 6.07) is 0. The molecule has 10 heteroatoms. The first kappa shape index (κ1) is 34.2. The summed E-state index contributed by atoms with van der Waals surface area (Å²) in [5.41, 5.74) is -4.36. The second kappa shape index (κ2) is 9.54. The van der Waals surface area contributed by atoms with E-state index in [0.29, 0.717) is 36.8 Å². The van der Waals surface area contributed by atoms with Crippen molar-refractivity contribution in [1.29, 1.82) is 0 Å². The van der Waals surface area contributed by atoms with Crippen molar-refractivity contribution < 1.29 is 49.1 Å². The molecule has 0 aromatic carbocycles. The summed E-state index contributed by atoms with van der Waals surface area (Å²) >= 11 is 0. The molecule has 15 atom stereocenters. The number of aliphatic hydroxyl groups excluding tert-OH is 2. The van der Waals surface area contributed by atoms with E-state index in [2.05, 4.69) is 13.2 Å². The summed E-state index contributed by atoms with van der Waals surface area (Å²) < 4.78 is 11.8. The summed E-state index contributed by atoms with van der Waals surface area (Å²) in [6.07, 6.45) is 7.50. The Kier molecular flexibility index (Phi) is 6.40. The number of allylic oxidation sites excluding steroid dienone is 6. The summed E-state index contributed by atoms with van der Waals surface area (Å²) in [5.74, 6) is -6.08. The van der Waals surface area contributed by atoms with Crippen LogP contribution in [0, 0.1) is 68.0 Å². The molecule has 8 bridgehead atoms. The molecule has 51 heavy (non-hydrogen) atoms. The second-order valence-corrected chi connectivity index (χ2v) is 19.0. The lowest BCUT2D eigenvalue weighted by Gasteiger charge is -2.73. The number of fused-ring (bicyclic) bond motifs is 4. The molecule has 4 aliphatic heterocycles. The molecular weight excluding hydrogens is 652 g/mol. The number of hydrogen-bond acceptors (Lipinski definition) is 10. The largest absolute Gasteiger partial charge is 0.387 e. The van der Waals surface area contributed by atoms with Gasteiger partial charge in [0.1, 0.15) is 12.2 Å². The number of rotatable bonds is 0. The van der Waals surface area contributed by atoms with Crippen LogP contribution in [0.2, 0.25) is 0 Å². The average molecular weight is 703 g/mol. The molecule has 12 aliphatic rings. The van der Waals surface area contributed by atoms with Crippen molar-refractivity contribution in [2.75, 3.05) is 6.61 Å². The van der Waals surface area contributed by atoms with Crippen LogP contribution in [0.25, 0.3) is 0 Å².